The molecular weight excluding hydrogens is 214 g/mol. The molecule has 17 heavy (non-hydrogen) atoms. The molecule has 0 radical (unpaired) electrons. The van der Waals surface area contributed by atoms with E-state index in [2.05, 4.69) is 12.1 Å². The van der Waals surface area contributed by atoms with Crippen molar-refractivity contribution >= 4 is 0 Å². The Hall–Kier alpha value is -1.06. The number of rotatable bonds is 4. The lowest BCUT2D eigenvalue weighted by Gasteiger charge is -2.23. The highest BCUT2D eigenvalue weighted by Gasteiger charge is 2.17. The van der Waals surface area contributed by atoms with Gasteiger partial charge in [-0.2, -0.15) is 0 Å². The Kier molecular flexibility index (Phi) is 4.02. The van der Waals surface area contributed by atoms with Crippen molar-refractivity contribution < 1.29 is 9.84 Å². The van der Waals surface area contributed by atoms with Crippen molar-refractivity contribution in [1.82, 2.24) is 0 Å². The summed E-state index contributed by atoms with van der Waals surface area (Å²) in [5.74, 6) is 0.838. The van der Waals surface area contributed by atoms with E-state index < -0.39 is 0 Å². The Balaban J connectivity index is 2.05. The second-order valence-corrected chi connectivity index (χ2v) is 4.73. The molecule has 0 aliphatic heterocycles. The molecule has 0 spiro atoms. The van der Waals surface area contributed by atoms with Crippen LogP contribution in [0, 0.1) is 0 Å². The van der Waals surface area contributed by atoms with Crippen LogP contribution in [0.4, 0.5) is 0 Å². The number of hydrogen-bond donors (Lipinski definition) is 2. The van der Waals surface area contributed by atoms with Gasteiger partial charge in [-0.05, 0) is 48.9 Å². The van der Waals surface area contributed by atoms with Gasteiger partial charge in [-0.1, -0.05) is 13.0 Å². The fourth-order valence-corrected chi connectivity index (χ4v) is 2.23. The Labute approximate surface area is 103 Å². The molecule has 2 atom stereocenters. The number of ether oxygens (including phenoxy) is 1. The Morgan fingerprint density at radius 2 is 2.35 bits per heavy atom. The first-order chi connectivity index (χ1) is 8.20. The molecule has 94 valence electrons. The van der Waals surface area contributed by atoms with Crippen molar-refractivity contribution in [2.45, 2.75) is 44.8 Å². The van der Waals surface area contributed by atoms with E-state index in [4.69, 9.17) is 10.5 Å². The standard InChI is InChI=1S/C14H21NO2/c1-2-11(16)9-17-12-6-7-13-10(8-12)4-3-5-14(13)15/h6-8,11,14,16H,2-5,9,15H2,1H3. The molecule has 0 aromatic heterocycles. The molecule has 0 saturated heterocycles. The summed E-state index contributed by atoms with van der Waals surface area (Å²) < 4.78 is 5.57. The molecule has 3 heteroatoms. The van der Waals surface area contributed by atoms with Crippen molar-refractivity contribution in [3.05, 3.63) is 29.3 Å². The van der Waals surface area contributed by atoms with Gasteiger partial charge in [0.15, 0.2) is 0 Å². The van der Waals surface area contributed by atoms with Crippen LogP contribution in [-0.2, 0) is 6.42 Å². The number of nitrogens with two attached hydrogens (primary N) is 1. The smallest absolute Gasteiger partial charge is 0.119 e. The Morgan fingerprint density at radius 1 is 1.53 bits per heavy atom. The second kappa shape index (κ2) is 5.52. The van der Waals surface area contributed by atoms with Crippen molar-refractivity contribution in [3.63, 3.8) is 0 Å². The van der Waals surface area contributed by atoms with Gasteiger partial charge in [-0.15, -0.1) is 0 Å². The molecule has 0 amide bonds. The van der Waals surface area contributed by atoms with Crippen LogP contribution >= 0.6 is 0 Å². The molecule has 1 aliphatic rings. The summed E-state index contributed by atoms with van der Waals surface area (Å²) in [6, 6.07) is 6.25. The minimum Gasteiger partial charge on any atom is -0.491 e. The van der Waals surface area contributed by atoms with Gasteiger partial charge >= 0.3 is 0 Å². The van der Waals surface area contributed by atoms with Crippen LogP contribution in [0.25, 0.3) is 0 Å². The highest BCUT2D eigenvalue weighted by Crippen LogP contribution is 2.30. The maximum Gasteiger partial charge on any atom is 0.119 e. The van der Waals surface area contributed by atoms with Gasteiger partial charge in [0, 0.05) is 6.04 Å². The molecule has 0 fully saturated rings. The topological polar surface area (TPSA) is 55.5 Å². The molecule has 0 heterocycles. The number of hydrogen-bond acceptors (Lipinski definition) is 3. The minimum absolute atomic E-state index is 0.175. The van der Waals surface area contributed by atoms with Crippen LogP contribution in [0.3, 0.4) is 0 Å². The van der Waals surface area contributed by atoms with Crippen molar-refractivity contribution in [2.24, 2.45) is 5.73 Å². The summed E-state index contributed by atoms with van der Waals surface area (Å²) in [5.41, 5.74) is 8.61. The average molecular weight is 235 g/mol. The van der Waals surface area contributed by atoms with Crippen LogP contribution in [0.1, 0.15) is 43.4 Å². The van der Waals surface area contributed by atoms with E-state index in [1.165, 1.54) is 11.1 Å². The molecule has 0 bridgehead atoms. The Morgan fingerprint density at radius 3 is 3.12 bits per heavy atom. The molecule has 3 nitrogen and oxygen atoms in total. The number of aryl methyl sites for hydroxylation is 1. The fourth-order valence-electron chi connectivity index (χ4n) is 2.23. The molecule has 1 aliphatic carbocycles. The number of aliphatic hydroxyl groups is 1. The molecule has 2 unspecified atom stereocenters. The maximum absolute atomic E-state index is 9.45. The first kappa shape index (κ1) is 12.4. The molecule has 1 aromatic rings. The predicted molar refractivity (Wildman–Crippen MR) is 68.1 cm³/mol. The molecule has 1 aromatic carbocycles. The highest BCUT2D eigenvalue weighted by atomic mass is 16.5. The van der Waals surface area contributed by atoms with Crippen LogP contribution in [0.5, 0.6) is 5.75 Å². The van der Waals surface area contributed by atoms with Crippen molar-refractivity contribution in [3.8, 4) is 5.75 Å². The summed E-state index contributed by atoms with van der Waals surface area (Å²) in [7, 11) is 0. The largest absolute Gasteiger partial charge is 0.491 e. The normalized spacial score (nSPS) is 20.8. The van der Waals surface area contributed by atoms with Crippen molar-refractivity contribution in [1.29, 1.82) is 0 Å². The van der Waals surface area contributed by atoms with Crippen LogP contribution < -0.4 is 10.5 Å². The molecule has 3 N–H and O–H groups in total. The van der Waals surface area contributed by atoms with Gasteiger partial charge in [-0.3, -0.25) is 0 Å². The predicted octanol–water partition coefficient (Wildman–Crippen LogP) is 2.17. The van der Waals surface area contributed by atoms with E-state index in [0.29, 0.717) is 6.61 Å². The minimum atomic E-state index is -0.381. The lowest BCUT2D eigenvalue weighted by molar-refractivity contribution is 0.104. The number of benzene rings is 1. The lowest BCUT2D eigenvalue weighted by atomic mass is 9.88. The SMILES string of the molecule is CCC(O)COc1ccc2c(c1)CCCC2N. The summed E-state index contributed by atoms with van der Waals surface area (Å²) in [4.78, 5) is 0. The summed E-state index contributed by atoms with van der Waals surface area (Å²) in [6.07, 6.45) is 3.64. The average Bonchev–Trinajstić information content (AvgIpc) is 2.36. The second-order valence-electron chi connectivity index (χ2n) is 4.73. The third-order valence-electron chi connectivity index (χ3n) is 3.39. The maximum atomic E-state index is 9.45. The first-order valence-corrected chi connectivity index (χ1v) is 6.40. The molecular formula is C14H21NO2. The summed E-state index contributed by atoms with van der Waals surface area (Å²) in [6.45, 7) is 2.31. The van der Waals surface area contributed by atoms with E-state index in [1.54, 1.807) is 0 Å². The molecule has 0 saturated carbocycles. The van der Waals surface area contributed by atoms with E-state index in [1.807, 2.05) is 13.0 Å². The van der Waals surface area contributed by atoms with E-state index >= 15 is 0 Å². The van der Waals surface area contributed by atoms with Gasteiger partial charge < -0.3 is 15.6 Å². The zero-order valence-electron chi connectivity index (χ0n) is 10.4. The third-order valence-corrected chi connectivity index (χ3v) is 3.39. The lowest BCUT2D eigenvalue weighted by Crippen LogP contribution is -2.18. The van der Waals surface area contributed by atoms with Gasteiger partial charge in [0.2, 0.25) is 0 Å². The van der Waals surface area contributed by atoms with E-state index in [9.17, 15) is 5.11 Å². The monoisotopic (exact) mass is 235 g/mol. The summed E-state index contributed by atoms with van der Waals surface area (Å²) in [5, 5.41) is 9.45. The Bertz CT molecular complexity index is 378. The van der Waals surface area contributed by atoms with Crippen LogP contribution in [0.2, 0.25) is 0 Å². The quantitative estimate of drug-likeness (QED) is 0.841. The third kappa shape index (κ3) is 2.99. The zero-order valence-corrected chi connectivity index (χ0v) is 10.4. The van der Waals surface area contributed by atoms with Crippen molar-refractivity contribution in [2.75, 3.05) is 6.61 Å². The van der Waals surface area contributed by atoms with E-state index in [0.717, 1.165) is 31.4 Å². The van der Waals surface area contributed by atoms with Gasteiger partial charge in [-0.25, -0.2) is 0 Å². The number of fused-ring (bicyclic) bond motifs is 1. The number of aliphatic hydroxyl groups excluding tert-OH is 1. The van der Waals surface area contributed by atoms with Gasteiger partial charge in [0.1, 0.15) is 12.4 Å². The van der Waals surface area contributed by atoms with Gasteiger partial charge in [0.05, 0.1) is 6.10 Å². The zero-order chi connectivity index (χ0) is 12.3. The van der Waals surface area contributed by atoms with E-state index in [-0.39, 0.29) is 12.1 Å². The van der Waals surface area contributed by atoms with Crippen LogP contribution in [0.15, 0.2) is 18.2 Å². The van der Waals surface area contributed by atoms with Gasteiger partial charge in [0.25, 0.3) is 0 Å². The molecule has 2 rings (SSSR count). The highest BCUT2D eigenvalue weighted by molar-refractivity contribution is 5.38. The summed E-state index contributed by atoms with van der Waals surface area (Å²) >= 11 is 0. The van der Waals surface area contributed by atoms with Crippen LogP contribution in [-0.4, -0.2) is 17.8 Å². The fraction of sp³-hybridized carbons (Fsp3) is 0.571. The first-order valence-electron chi connectivity index (χ1n) is 6.40.